The van der Waals surface area contributed by atoms with Gasteiger partial charge in [0.25, 0.3) is 0 Å². The first-order valence-electron chi connectivity index (χ1n) is 6.52. The van der Waals surface area contributed by atoms with Crippen molar-refractivity contribution in [1.29, 1.82) is 0 Å². The van der Waals surface area contributed by atoms with Gasteiger partial charge in [-0.05, 0) is 52.7 Å². The molecule has 0 aliphatic rings. The smallest absolute Gasteiger partial charge is 0.135 e. The van der Waals surface area contributed by atoms with Crippen LogP contribution in [-0.4, -0.2) is 4.98 Å². The molecular formula is C17H16BrNO. The summed E-state index contributed by atoms with van der Waals surface area (Å²) in [4.78, 5) is 4.30. The third-order valence-electron chi connectivity index (χ3n) is 2.74. The maximum atomic E-state index is 5.89. The van der Waals surface area contributed by atoms with Crippen LogP contribution >= 0.6 is 15.9 Å². The van der Waals surface area contributed by atoms with Crippen LogP contribution in [0.4, 0.5) is 0 Å². The first-order valence-corrected chi connectivity index (χ1v) is 7.31. The Balaban J connectivity index is 2.20. The van der Waals surface area contributed by atoms with Crippen molar-refractivity contribution in [1.82, 2.24) is 4.98 Å². The lowest BCUT2D eigenvalue weighted by Crippen LogP contribution is -2.00. The predicted octanol–water partition coefficient (Wildman–Crippen LogP) is 4.49. The van der Waals surface area contributed by atoms with Gasteiger partial charge >= 0.3 is 0 Å². The van der Waals surface area contributed by atoms with Crippen molar-refractivity contribution in [3.05, 3.63) is 57.8 Å². The molecule has 2 aromatic rings. The van der Waals surface area contributed by atoms with Crippen molar-refractivity contribution in [3.63, 3.8) is 0 Å². The number of aromatic nitrogens is 1. The number of pyridine rings is 1. The molecule has 0 N–H and O–H groups in total. The maximum absolute atomic E-state index is 5.89. The van der Waals surface area contributed by atoms with Crippen LogP contribution in [0.25, 0.3) is 0 Å². The van der Waals surface area contributed by atoms with Crippen molar-refractivity contribution < 1.29 is 4.74 Å². The lowest BCUT2D eigenvalue weighted by Gasteiger charge is -2.10. The largest absolute Gasteiger partial charge is 0.486 e. The second kappa shape index (κ2) is 7.12. The van der Waals surface area contributed by atoms with Crippen LogP contribution in [0.5, 0.6) is 5.75 Å². The standard InChI is InChI=1S/C17H16BrNO/c1-3-4-6-14-9-8-13(2)11-17(14)20-12-16-15(18)7-5-10-19-16/h5,7-11H,3,12H2,1-2H3. The highest BCUT2D eigenvalue weighted by Gasteiger charge is 2.05. The number of nitrogens with zero attached hydrogens (tertiary/aromatic N) is 1. The normalized spacial score (nSPS) is 9.75. The molecule has 0 amide bonds. The van der Waals surface area contributed by atoms with Crippen molar-refractivity contribution in [2.45, 2.75) is 26.9 Å². The zero-order chi connectivity index (χ0) is 14.4. The summed E-state index contributed by atoms with van der Waals surface area (Å²) in [6, 6.07) is 9.90. The summed E-state index contributed by atoms with van der Waals surface area (Å²) in [5.74, 6) is 7.02. The van der Waals surface area contributed by atoms with Crippen molar-refractivity contribution in [2.24, 2.45) is 0 Å². The highest BCUT2D eigenvalue weighted by atomic mass is 79.9. The van der Waals surface area contributed by atoms with Gasteiger partial charge in [-0.1, -0.05) is 24.8 Å². The minimum absolute atomic E-state index is 0.422. The number of ether oxygens (including phenoxy) is 1. The van der Waals surface area contributed by atoms with Gasteiger partial charge in [0, 0.05) is 17.1 Å². The molecule has 3 heteroatoms. The molecule has 1 heterocycles. The molecule has 0 aliphatic carbocycles. The van der Waals surface area contributed by atoms with E-state index in [4.69, 9.17) is 4.74 Å². The van der Waals surface area contributed by atoms with E-state index < -0.39 is 0 Å². The van der Waals surface area contributed by atoms with Crippen molar-refractivity contribution in [3.8, 4) is 17.6 Å². The number of rotatable bonds is 3. The summed E-state index contributed by atoms with van der Waals surface area (Å²) in [6.45, 7) is 4.50. The number of hydrogen-bond donors (Lipinski definition) is 0. The van der Waals surface area contributed by atoms with E-state index in [0.717, 1.165) is 33.5 Å². The topological polar surface area (TPSA) is 22.1 Å². The monoisotopic (exact) mass is 329 g/mol. The van der Waals surface area contributed by atoms with Gasteiger partial charge in [0.1, 0.15) is 12.4 Å². The Bertz CT molecular complexity index is 656. The Hall–Kier alpha value is -1.79. The highest BCUT2D eigenvalue weighted by Crippen LogP contribution is 2.22. The van der Waals surface area contributed by atoms with Crippen molar-refractivity contribution in [2.75, 3.05) is 0 Å². The van der Waals surface area contributed by atoms with Crippen molar-refractivity contribution >= 4 is 15.9 Å². The first-order chi connectivity index (χ1) is 9.70. The maximum Gasteiger partial charge on any atom is 0.135 e. The Morgan fingerprint density at radius 3 is 2.90 bits per heavy atom. The molecule has 0 saturated carbocycles. The molecule has 0 unspecified atom stereocenters. The Morgan fingerprint density at radius 2 is 2.15 bits per heavy atom. The van der Waals surface area contributed by atoms with E-state index in [1.165, 1.54) is 0 Å². The van der Waals surface area contributed by atoms with Gasteiger partial charge in [-0.15, -0.1) is 0 Å². The molecule has 2 nitrogen and oxygen atoms in total. The molecule has 0 atom stereocenters. The lowest BCUT2D eigenvalue weighted by molar-refractivity contribution is 0.299. The van der Waals surface area contributed by atoms with E-state index in [1.807, 2.05) is 44.2 Å². The van der Waals surface area contributed by atoms with Crippen LogP contribution < -0.4 is 4.74 Å². The van der Waals surface area contributed by atoms with E-state index in [9.17, 15) is 0 Å². The second-order valence-corrected chi connectivity index (χ2v) is 5.23. The Kier molecular flexibility index (Phi) is 5.20. The van der Waals surface area contributed by atoms with Crippen LogP contribution in [0, 0.1) is 18.8 Å². The van der Waals surface area contributed by atoms with Gasteiger partial charge in [0.05, 0.1) is 11.3 Å². The first kappa shape index (κ1) is 14.6. The SMILES string of the molecule is CCC#Cc1ccc(C)cc1OCc1ncccc1Br. The Morgan fingerprint density at radius 1 is 1.30 bits per heavy atom. The third kappa shape index (κ3) is 3.85. The molecule has 2 rings (SSSR count). The van der Waals surface area contributed by atoms with Gasteiger partial charge < -0.3 is 4.74 Å². The second-order valence-electron chi connectivity index (χ2n) is 4.38. The number of hydrogen-bond acceptors (Lipinski definition) is 2. The van der Waals surface area contributed by atoms with E-state index in [-0.39, 0.29) is 0 Å². The third-order valence-corrected chi connectivity index (χ3v) is 3.46. The zero-order valence-corrected chi connectivity index (χ0v) is 13.2. The number of aryl methyl sites for hydroxylation is 1. The van der Waals surface area contributed by atoms with E-state index in [0.29, 0.717) is 6.61 Å². The fourth-order valence-electron chi connectivity index (χ4n) is 1.71. The van der Waals surface area contributed by atoms with E-state index in [1.54, 1.807) is 6.20 Å². The fourth-order valence-corrected chi connectivity index (χ4v) is 2.08. The summed E-state index contributed by atoms with van der Waals surface area (Å²) in [6.07, 6.45) is 2.59. The summed E-state index contributed by atoms with van der Waals surface area (Å²) in [7, 11) is 0. The van der Waals surface area contributed by atoms with Gasteiger partial charge in [0.2, 0.25) is 0 Å². The van der Waals surface area contributed by atoms with Gasteiger partial charge in [-0.3, -0.25) is 4.98 Å². The van der Waals surface area contributed by atoms with E-state index in [2.05, 4.69) is 32.8 Å². The number of halogens is 1. The van der Waals surface area contributed by atoms with Crippen LogP contribution in [0.3, 0.4) is 0 Å². The van der Waals surface area contributed by atoms with E-state index >= 15 is 0 Å². The molecule has 0 spiro atoms. The van der Waals surface area contributed by atoms with Gasteiger partial charge in [-0.2, -0.15) is 0 Å². The summed E-state index contributed by atoms with van der Waals surface area (Å²) in [5, 5.41) is 0. The molecule has 0 saturated heterocycles. The molecule has 1 aromatic carbocycles. The minimum atomic E-state index is 0.422. The predicted molar refractivity (Wildman–Crippen MR) is 84.6 cm³/mol. The quantitative estimate of drug-likeness (QED) is 0.774. The van der Waals surface area contributed by atoms with Crippen LogP contribution in [0.2, 0.25) is 0 Å². The molecule has 102 valence electrons. The van der Waals surface area contributed by atoms with Crippen LogP contribution in [0.15, 0.2) is 41.0 Å². The lowest BCUT2D eigenvalue weighted by atomic mass is 10.1. The Labute approximate surface area is 128 Å². The molecule has 0 bridgehead atoms. The van der Waals surface area contributed by atoms with Crippen LogP contribution in [0.1, 0.15) is 30.2 Å². The highest BCUT2D eigenvalue weighted by molar-refractivity contribution is 9.10. The molecule has 0 radical (unpaired) electrons. The molecule has 0 fully saturated rings. The fraction of sp³-hybridized carbons (Fsp3) is 0.235. The molecular weight excluding hydrogens is 314 g/mol. The summed E-state index contributed by atoms with van der Waals surface area (Å²) >= 11 is 3.47. The average Bonchev–Trinajstić information content (AvgIpc) is 2.45. The van der Waals surface area contributed by atoms with Gasteiger partial charge in [-0.25, -0.2) is 0 Å². The summed E-state index contributed by atoms with van der Waals surface area (Å²) in [5.41, 5.74) is 2.95. The van der Waals surface area contributed by atoms with Gasteiger partial charge in [0.15, 0.2) is 0 Å². The molecule has 1 aromatic heterocycles. The molecule has 0 aliphatic heterocycles. The molecule has 20 heavy (non-hydrogen) atoms. The average molecular weight is 330 g/mol. The minimum Gasteiger partial charge on any atom is -0.486 e. The zero-order valence-electron chi connectivity index (χ0n) is 11.6. The number of benzene rings is 1. The van der Waals surface area contributed by atoms with Crippen LogP contribution in [-0.2, 0) is 6.61 Å². The summed E-state index contributed by atoms with van der Waals surface area (Å²) < 4.78 is 6.84.